The average molecular weight is 358 g/mol. The van der Waals surface area contributed by atoms with Crippen LogP contribution in [0.1, 0.15) is 31.3 Å². The van der Waals surface area contributed by atoms with E-state index in [0.717, 1.165) is 54.2 Å². The highest BCUT2D eigenvalue weighted by molar-refractivity contribution is 7.99. The first kappa shape index (κ1) is 18.1. The smallest absolute Gasteiger partial charge is 0.132 e. The Balaban J connectivity index is 1.40. The Bertz CT molecular complexity index is 656. The van der Waals surface area contributed by atoms with Crippen molar-refractivity contribution in [2.75, 3.05) is 30.3 Å². The first-order valence-corrected chi connectivity index (χ1v) is 10.1. The average Bonchev–Trinajstić information content (AvgIpc) is 2.66. The van der Waals surface area contributed by atoms with Gasteiger partial charge in [0, 0.05) is 49.4 Å². The Hall–Kier alpha value is -1.66. The van der Waals surface area contributed by atoms with Gasteiger partial charge in [-0.15, -0.1) is 11.8 Å². The number of rotatable bonds is 7. The highest BCUT2D eigenvalue weighted by Gasteiger charge is 2.20. The van der Waals surface area contributed by atoms with Gasteiger partial charge in [0.15, 0.2) is 0 Å². The predicted octanol–water partition coefficient (Wildman–Crippen LogP) is 3.09. The number of aryl methyl sites for hydroxylation is 2. The summed E-state index contributed by atoms with van der Waals surface area (Å²) in [5.74, 6) is 3.03. The third-order valence-corrected chi connectivity index (χ3v) is 5.43. The van der Waals surface area contributed by atoms with Crippen molar-refractivity contribution in [1.82, 2.24) is 20.3 Å². The van der Waals surface area contributed by atoms with Crippen molar-refractivity contribution in [2.24, 2.45) is 0 Å². The second kappa shape index (κ2) is 9.15. The molecule has 1 aliphatic heterocycles. The number of thioether (sulfide) groups is 1. The number of hydrogen-bond acceptors (Lipinski definition) is 6. The predicted molar refractivity (Wildman–Crippen MR) is 104 cm³/mol. The van der Waals surface area contributed by atoms with Crippen LogP contribution in [0.5, 0.6) is 0 Å². The second-order valence-corrected chi connectivity index (χ2v) is 7.47. The summed E-state index contributed by atoms with van der Waals surface area (Å²) < 4.78 is 0. The number of pyridine rings is 1. The largest absolute Gasteiger partial charge is 0.356 e. The number of piperidine rings is 1. The maximum Gasteiger partial charge on any atom is 0.132 e. The van der Waals surface area contributed by atoms with Crippen LogP contribution >= 0.6 is 11.8 Å². The molecule has 0 unspecified atom stereocenters. The molecule has 1 saturated heterocycles. The van der Waals surface area contributed by atoms with E-state index in [1.54, 1.807) is 0 Å². The van der Waals surface area contributed by atoms with Crippen LogP contribution < -0.4 is 10.2 Å². The van der Waals surface area contributed by atoms with E-state index in [9.17, 15) is 0 Å². The maximum absolute atomic E-state index is 4.62. The van der Waals surface area contributed by atoms with Crippen molar-refractivity contribution in [3.05, 3.63) is 42.0 Å². The van der Waals surface area contributed by atoms with Crippen LogP contribution in [0, 0.1) is 6.92 Å². The van der Waals surface area contributed by atoms with E-state index in [0.29, 0.717) is 6.04 Å². The normalized spacial score (nSPS) is 15.5. The van der Waals surface area contributed by atoms with Crippen molar-refractivity contribution in [1.29, 1.82) is 0 Å². The van der Waals surface area contributed by atoms with Crippen LogP contribution in [0.15, 0.2) is 35.5 Å². The fourth-order valence-electron chi connectivity index (χ4n) is 3.12. The van der Waals surface area contributed by atoms with Gasteiger partial charge in [-0.3, -0.25) is 0 Å². The zero-order valence-corrected chi connectivity index (χ0v) is 15.9. The van der Waals surface area contributed by atoms with Gasteiger partial charge in [0.25, 0.3) is 0 Å². The highest BCUT2D eigenvalue weighted by atomic mass is 32.2. The third-order valence-electron chi connectivity index (χ3n) is 4.48. The van der Waals surface area contributed by atoms with E-state index in [1.165, 1.54) is 12.8 Å². The molecule has 3 heterocycles. The first-order chi connectivity index (χ1) is 12.2. The van der Waals surface area contributed by atoms with Crippen LogP contribution in [0.4, 0.5) is 5.82 Å². The van der Waals surface area contributed by atoms with Crippen molar-refractivity contribution >= 4 is 17.6 Å². The van der Waals surface area contributed by atoms with E-state index < -0.39 is 0 Å². The lowest BCUT2D eigenvalue weighted by molar-refractivity contribution is 0.423. The summed E-state index contributed by atoms with van der Waals surface area (Å²) in [7, 11) is 0. The van der Waals surface area contributed by atoms with Crippen LogP contribution in [-0.4, -0.2) is 46.4 Å². The standard InChI is InChI=1S/C19H27N5S/c1-3-16-14-18(23-15(2)22-16)24-11-7-17(8-12-24)20-10-13-25-19-6-4-5-9-21-19/h4-6,9,14,17,20H,3,7-8,10-13H2,1-2H3. The summed E-state index contributed by atoms with van der Waals surface area (Å²) in [5, 5.41) is 4.79. The molecule has 134 valence electrons. The van der Waals surface area contributed by atoms with E-state index in [1.807, 2.05) is 37.0 Å². The number of nitrogens with zero attached hydrogens (tertiary/aromatic N) is 4. The zero-order valence-electron chi connectivity index (χ0n) is 15.1. The van der Waals surface area contributed by atoms with E-state index in [2.05, 4.69) is 44.2 Å². The molecule has 2 aromatic heterocycles. The van der Waals surface area contributed by atoms with Gasteiger partial charge in [-0.25, -0.2) is 15.0 Å². The van der Waals surface area contributed by atoms with Crippen molar-refractivity contribution in [2.45, 2.75) is 44.2 Å². The van der Waals surface area contributed by atoms with Crippen molar-refractivity contribution < 1.29 is 0 Å². The van der Waals surface area contributed by atoms with Gasteiger partial charge in [0.05, 0.1) is 5.03 Å². The second-order valence-electron chi connectivity index (χ2n) is 6.35. The molecule has 0 atom stereocenters. The van der Waals surface area contributed by atoms with Gasteiger partial charge in [-0.2, -0.15) is 0 Å². The van der Waals surface area contributed by atoms with Gasteiger partial charge in [0.1, 0.15) is 11.6 Å². The van der Waals surface area contributed by atoms with Crippen LogP contribution in [-0.2, 0) is 6.42 Å². The fraction of sp³-hybridized carbons (Fsp3) is 0.526. The summed E-state index contributed by atoms with van der Waals surface area (Å²) in [6.45, 7) is 7.27. The lowest BCUT2D eigenvalue weighted by atomic mass is 10.1. The quantitative estimate of drug-likeness (QED) is 0.607. The molecule has 0 amide bonds. The molecule has 6 heteroatoms. The van der Waals surface area contributed by atoms with Crippen LogP contribution in [0.25, 0.3) is 0 Å². The monoisotopic (exact) mass is 357 g/mol. The number of anilines is 1. The molecule has 1 aliphatic rings. The minimum Gasteiger partial charge on any atom is -0.356 e. The van der Waals surface area contributed by atoms with Gasteiger partial charge < -0.3 is 10.2 Å². The van der Waals surface area contributed by atoms with Crippen molar-refractivity contribution in [3.63, 3.8) is 0 Å². The van der Waals surface area contributed by atoms with E-state index >= 15 is 0 Å². The van der Waals surface area contributed by atoms with Gasteiger partial charge in [-0.1, -0.05) is 13.0 Å². The topological polar surface area (TPSA) is 53.9 Å². The number of nitrogens with one attached hydrogen (secondary N) is 1. The molecule has 1 N–H and O–H groups in total. The molecule has 0 radical (unpaired) electrons. The minimum atomic E-state index is 0.606. The Morgan fingerprint density at radius 3 is 2.80 bits per heavy atom. The summed E-state index contributed by atoms with van der Waals surface area (Å²) in [4.78, 5) is 15.8. The van der Waals surface area contributed by atoms with Gasteiger partial charge in [-0.05, 0) is 38.3 Å². The molecule has 0 bridgehead atoms. The van der Waals surface area contributed by atoms with Crippen LogP contribution in [0.3, 0.4) is 0 Å². The lowest BCUT2D eigenvalue weighted by Gasteiger charge is -2.33. The number of aromatic nitrogens is 3. The molecule has 3 rings (SSSR count). The molecule has 5 nitrogen and oxygen atoms in total. The van der Waals surface area contributed by atoms with Crippen LogP contribution in [0.2, 0.25) is 0 Å². The molecule has 0 spiro atoms. The van der Waals surface area contributed by atoms with E-state index in [-0.39, 0.29) is 0 Å². The lowest BCUT2D eigenvalue weighted by Crippen LogP contribution is -2.43. The third kappa shape index (κ3) is 5.41. The molecule has 1 fully saturated rings. The Morgan fingerprint density at radius 1 is 1.24 bits per heavy atom. The van der Waals surface area contributed by atoms with E-state index in [4.69, 9.17) is 0 Å². The Labute approximate surface area is 154 Å². The number of hydrogen-bond donors (Lipinski definition) is 1. The summed E-state index contributed by atoms with van der Waals surface area (Å²) >= 11 is 1.81. The summed E-state index contributed by atoms with van der Waals surface area (Å²) in [5.41, 5.74) is 1.13. The maximum atomic E-state index is 4.62. The molecule has 0 saturated carbocycles. The van der Waals surface area contributed by atoms with Gasteiger partial charge in [0.2, 0.25) is 0 Å². The SMILES string of the molecule is CCc1cc(N2CCC(NCCSc3ccccn3)CC2)nc(C)n1. The molecular weight excluding hydrogens is 330 g/mol. The van der Waals surface area contributed by atoms with Crippen molar-refractivity contribution in [3.8, 4) is 0 Å². The first-order valence-electron chi connectivity index (χ1n) is 9.11. The van der Waals surface area contributed by atoms with Gasteiger partial charge >= 0.3 is 0 Å². The molecule has 0 aromatic carbocycles. The summed E-state index contributed by atoms with van der Waals surface area (Å²) in [6.07, 6.45) is 5.14. The molecule has 25 heavy (non-hydrogen) atoms. The highest BCUT2D eigenvalue weighted by Crippen LogP contribution is 2.19. The Kier molecular flexibility index (Phi) is 6.64. The minimum absolute atomic E-state index is 0.606. The zero-order chi connectivity index (χ0) is 17.5. The molecule has 2 aromatic rings. The Morgan fingerprint density at radius 2 is 2.08 bits per heavy atom. The molecular formula is C19H27N5S. The fourth-order valence-corrected chi connectivity index (χ4v) is 3.86. The summed E-state index contributed by atoms with van der Waals surface area (Å²) in [6, 6.07) is 8.81. The molecule has 0 aliphatic carbocycles.